The van der Waals surface area contributed by atoms with Gasteiger partial charge in [0.05, 0.1) is 11.3 Å². The van der Waals surface area contributed by atoms with Crippen molar-refractivity contribution in [2.75, 3.05) is 14.1 Å². The lowest BCUT2D eigenvalue weighted by atomic mass is 9.88. The number of aryl methyl sites for hydroxylation is 1. The first-order valence-electron chi connectivity index (χ1n) is 7.25. The molecule has 1 aromatic rings. The summed E-state index contributed by atoms with van der Waals surface area (Å²) < 4.78 is 0.738. The molecule has 114 valence electrons. The van der Waals surface area contributed by atoms with E-state index in [1.165, 1.54) is 22.9 Å². The van der Waals surface area contributed by atoms with Gasteiger partial charge in [-0.1, -0.05) is 48.2 Å². The number of carbonyl (C=O) groups excluding carboxylic acids is 1. The lowest BCUT2D eigenvalue weighted by molar-refractivity contribution is -0.121. The van der Waals surface area contributed by atoms with E-state index in [1.54, 1.807) is 0 Å². The fraction of sp³-hybridized carbons (Fsp3) is 0.500. The van der Waals surface area contributed by atoms with E-state index >= 15 is 0 Å². The molecular weight excluding hydrogens is 300 g/mol. The smallest absolute Gasteiger partial charge is 0.233 e. The summed E-state index contributed by atoms with van der Waals surface area (Å²) in [6, 6.07) is 8.53. The highest BCUT2D eigenvalue weighted by molar-refractivity contribution is 8.23. The number of benzene rings is 1. The van der Waals surface area contributed by atoms with Crippen molar-refractivity contribution in [2.24, 2.45) is 0 Å². The minimum absolute atomic E-state index is 0.0610. The van der Waals surface area contributed by atoms with Crippen LogP contribution in [-0.4, -0.2) is 34.5 Å². The molecule has 3 nitrogen and oxygen atoms in total. The maximum atomic E-state index is 12.4. The van der Waals surface area contributed by atoms with Gasteiger partial charge in [0.1, 0.15) is 4.32 Å². The summed E-state index contributed by atoms with van der Waals surface area (Å²) in [4.78, 5) is 14.2. The number of fused-ring (bicyclic) bond motifs is 1. The minimum Gasteiger partial charge on any atom is -0.364 e. The van der Waals surface area contributed by atoms with Crippen LogP contribution in [0.15, 0.2) is 24.3 Å². The van der Waals surface area contributed by atoms with E-state index in [4.69, 9.17) is 12.2 Å². The van der Waals surface area contributed by atoms with Crippen LogP contribution in [0.4, 0.5) is 0 Å². The summed E-state index contributed by atoms with van der Waals surface area (Å²) in [6.45, 7) is 1.91. The number of thioether (sulfide) groups is 1. The normalized spacial score (nSPS) is 18.5. The van der Waals surface area contributed by atoms with E-state index < -0.39 is 0 Å². The van der Waals surface area contributed by atoms with Crippen molar-refractivity contribution in [3.63, 3.8) is 0 Å². The zero-order valence-electron chi connectivity index (χ0n) is 12.8. The number of hydrogen-bond acceptors (Lipinski definition) is 3. The van der Waals surface area contributed by atoms with E-state index in [-0.39, 0.29) is 17.2 Å². The summed E-state index contributed by atoms with van der Waals surface area (Å²) in [5, 5.41) is 3.01. The van der Waals surface area contributed by atoms with E-state index in [2.05, 4.69) is 23.5 Å². The van der Waals surface area contributed by atoms with Crippen LogP contribution in [0, 0.1) is 0 Å². The van der Waals surface area contributed by atoms with Crippen molar-refractivity contribution in [3.8, 4) is 0 Å². The third kappa shape index (κ3) is 4.20. The predicted octanol–water partition coefficient (Wildman–Crippen LogP) is 3.15. The Morgan fingerprint density at radius 2 is 2.14 bits per heavy atom. The molecule has 0 saturated heterocycles. The van der Waals surface area contributed by atoms with Gasteiger partial charge in [-0.2, -0.15) is 0 Å². The largest absolute Gasteiger partial charge is 0.364 e. The third-order valence-corrected chi connectivity index (χ3v) is 5.49. The molecule has 5 heteroatoms. The number of nitrogens with zero attached hydrogens (tertiary/aromatic N) is 1. The van der Waals surface area contributed by atoms with E-state index in [0.29, 0.717) is 0 Å². The van der Waals surface area contributed by atoms with E-state index in [0.717, 1.165) is 23.6 Å². The molecule has 1 N–H and O–H groups in total. The number of amides is 1. The molecule has 1 aliphatic rings. The van der Waals surface area contributed by atoms with Crippen molar-refractivity contribution in [3.05, 3.63) is 35.4 Å². The molecule has 0 unspecified atom stereocenters. The molecule has 0 aromatic heterocycles. The first-order valence-corrected chi connectivity index (χ1v) is 8.54. The maximum Gasteiger partial charge on any atom is 0.233 e. The first kappa shape index (κ1) is 16.3. The van der Waals surface area contributed by atoms with Gasteiger partial charge in [-0.05, 0) is 37.3 Å². The standard InChI is InChI=1S/C16H22N2OS2/c1-11(21-16(20)18(2)3)15(19)17-14-10-6-8-12-7-4-5-9-13(12)14/h4-5,7,9,11,14H,6,8,10H2,1-3H3,(H,17,19)/t11-,14-/m0/s1. The van der Waals surface area contributed by atoms with E-state index in [1.807, 2.05) is 32.0 Å². The molecule has 0 fully saturated rings. The van der Waals surface area contributed by atoms with Crippen molar-refractivity contribution >= 4 is 34.2 Å². The van der Waals surface area contributed by atoms with Crippen LogP contribution in [0.3, 0.4) is 0 Å². The molecule has 0 spiro atoms. The fourth-order valence-electron chi connectivity index (χ4n) is 2.50. The molecule has 0 radical (unpaired) electrons. The van der Waals surface area contributed by atoms with Crippen LogP contribution in [0.5, 0.6) is 0 Å². The van der Waals surface area contributed by atoms with Crippen LogP contribution < -0.4 is 5.32 Å². The monoisotopic (exact) mass is 322 g/mol. The number of thiocarbonyl (C=S) groups is 1. The van der Waals surface area contributed by atoms with Crippen molar-refractivity contribution in [2.45, 2.75) is 37.5 Å². The molecule has 0 heterocycles. The molecule has 0 aliphatic heterocycles. The molecule has 21 heavy (non-hydrogen) atoms. The Morgan fingerprint density at radius 3 is 2.86 bits per heavy atom. The third-order valence-electron chi connectivity index (χ3n) is 3.70. The molecule has 2 atom stereocenters. The maximum absolute atomic E-state index is 12.4. The Hall–Kier alpha value is -1.07. The summed E-state index contributed by atoms with van der Waals surface area (Å²) in [5.41, 5.74) is 2.63. The second-order valence-corrected chi connectivity index (χ2v) is 7.55. The number of rotatable bonds is 3. The molecule has 0 saturated carbocycles. The van der Waals surface area contributed by atoms with Gasteiger partial charge in [-0.3, -0.25) is 4.79 Å². The number of hydrogen-bond donors (Lipinski definition) is 1. The highest BCUT2D eigenvalue weighted by Crippen LogP contribution is 2.29. The second kappa shape index (κ2) is 7.27. The van der Waals surface area contributed by atoms with Gasteiger partial charge in [0, 0.05) is 14.1 Å². The van der Waals surface area contributed by atoms with E-state index in [9.17, 15) is 4.79 Å². The minimum atomic E-state index is -0.172. The van der Waals surface area contributed by atoms with Gasteiger partial charge in [0.15, 0.2) is 0 Å². The Bertz CT molecular complexity index is 531. The first-order chi connectivity index (χ1) is 9.99. The molecule has 1 aliphatic carbocycles. The van der Waals surface area contributed by atoms with Crippen LogP contribution in [0.1, 0.15) is 36.9 Å². The van der Waals surface area contributed by atoms with Gasteiger partial charge in [0.2, 0.25) is 5.91 Å². The second-order valence-electron chi connectivity index (χ2n) is 5.57. The highest BCUT2D eigenvalue weighted by atomic mass is 32.2. The summed E-state index contributed by atoms with van der Waals surface area (Å²) in [5.74, 6) is 0.0610. The average molecular weight is 322 g/mol. The average Bonchev–Trinajstić information content (AvgIpc) is 2.47. The number of carbonyl (C=O) groups is 1. The van der Waals surface area contributed by atoms with Gasteiger partial charge in [-0.25, -0.2) is 0 Å². The zero-order valence-corrected chi connectivity index (χ0v) is 14.4. The Kier molecular flexibility index (Phi) is 5.65. The lowest BCUT2D eigenvalue weighted by Gasteiger charge is -2.27. The molecular formula is C16H22N2OS2. The van der Waals surface area contributed by atoms with Crippen LogP contribution in [-0.2, 0) is 11.2 Å². The molecule has 0 bridgehead atoms. The Balaban J connectivity index is 1.99. The number of nitrogens with one attached hydrogen (secondary N) is 1. The van der Waals surface area contributed by atoms with Gasteiger partial charge in [-0.15, -0.1) is 0 Å². The zero-order chi connectivity index (χ0) is 15.4. The van der Waals surface area contributed by atoms with Crippen LogP contribution in [0.25, 0.3) is 0 Å². The van der Waals surface area contributed by atoms with Gasteiger partial charge in [0.25, 0.3) is 0 Å². The van der Waals surface area contributed by atoms with Gasteiger partial charge >= 0.3 is 0 Å². The fourth-order valence-corrected chi connectivity index (χ4v) is 3.62. The quantitative estimate of drug-likeness (QED) is 0.867. The summed E-state index contributed by atoms with van der Waals surface area (Å²) in [6.07, 6.45) is 3.25. The highest BCUT2D eigenvalue weighted by Gasteiger charge is 2.24. The van der Waals surface area contributed by atoms with Crippen molar-refractivity contribution in [1.29, 1.82) is 0 Å². The Labute approximate surface area is 136 Å². The predicted molar refractivity (Wildman–Crippen MR) is 93.6 cm³/mol. The van der Waals surface area contributed by atoms with Crippen molar-refractivity contribution < 1.29 is 4.79 Å². The summed E-state index contributed by atoms with van der Waals surface area (Å²) >= 11 is 6.68. The van der Waals surface area contributed by atoms with Crippen molar-refractivity contribution in [1.82, 2.24) is 10.2 Å². The molecule has 1 aromatic carbocycles. The molecule has 2 rings (SSSR count). The topological polar surface area (TPSA) is 32.3 Å². The summed E-state index contributed by atoms with van der Waals surface area (Å²) in [7, 11) is 3.80. The van der Waals surface area contributed by atoms with Crippen LogP contribution in [0.2, 0.25) is 0 Å². The van der Waals surface area contributed by atoms with Crippen LogP contribution >= 0.6 is 24.0 Å². The molecule has 1 amide bonds. The SMILES string of the molecule is C[C@H](SC(=S)N(C)C)C(=O)N[C@H]1CCCc2ccccc21. The Morgan fingerprint density at radius 1 is 1.43 bits per heavy atom. The lowest BCUT2D eigenvalue weighted by Crippen LogP contribution is -2.37. The van der Waals surface area contributed by atoms with Gasteiger partial charge < -0.3 is 10.2 Å².